The number of rotatable bonds is 2. The smallest absolute Gasteiger partial charge is 0.307 e. The lowest BCUT2D eigenvalue weighted by molar-refractivity contribution is -0.138. The maximum absolute atomic E-state index is 10.7. The molecule has 14 heavy (non-hydrogen) atoms. The van der Waals surface area contributed by atoms with Crippen LogP contribution in [0.15, 0.2) is 27.1 Å². The summed E-state index contributed by atoms with van der Waals surface area (Å²) in [5.74, 6) is -0.677. The Balaban J connectivity index is 2.23. The molecule has 0 radical (unpaired) electrons. The van der Waals surface area contributed by atoms with Gasteiger partial charge in [0.25, 0.3) is 0 Å². The first kappa shape index (κ1) is 10.2. The Kier molecular flexibility index (Phi) is 2.66. The van der Waals surface area contributed by atoms with Gasteiger partial charge in [-0.15, -0.1) is 0 Å². The van der Waals surface area contributed by atoms with Crippen LogP contribution in [-0.4, -0.2) is 11.1 Å². The van der Waals surface area contributed by atoms with Gasteiger partial charge >= 0.3 is 5.97 Å². The summed E-state index contributed by atoms with van der Waals surface area (Å²) in [6.45, 7) is 0. The van der Waals surface area contributed by atoms with E-state index in [-0.39, 0.29) is 11.8 Å². The fourth-order valence-corrected chi connectivity index (χ4v) is 2.95. The summed E-state index contributed by atoms with van der Waals surface area (Å²) in [5.41, 5.74) is 1.10. The zero-order valence-electron chi connectivity index (χ0n) is 7.21. The third kappa shape index (κ3) is 2.01. The summed E-state index contributed by atoms with van der Waals surface area (Å²) >= 11 is 6.78. The van der Waals surface area contributed by atoms with Gasteiger partial charge in [-0.05, 0) is 36.1 Å². The summed E-state index contributed by atoms with van der Waals surface area (Å²) in [6.07, 6.45) is 0.762. The van der Waals surface area contributed by atoms with Crippen molar-refractivity contribution in [3.8, 4) is 0 Å². The van der Waals surface area contributed by atoms with Crippen LogP contribution in [0.1, 0.15) is 17.9 Å². The molecule has 0 amide bonds. The molecule has 1 saturated carbocycles. The summed E-state index contributed by atoms with van der Waals surface area (Å²) in [7, 11) is 0. The van der Waals surface area contributed by atoms with Crippen LogP contribution in [0.4, 0.5) is 0 Å². The van der Waals surface area contributed by atoms with Crippen molar-refractivity contribution >= 4 is 37.8 Å². The molecule has 0 aromatic heterocycles. The SMILES string of the molecule is O=C(O)[C@@H]1C[C@H]1c1cc(Br)cc(Br)c1. The number of halogens is 2. The predicted octanol–water partition coefficient (Wildman–Crippen LogP) is 3.40. The van der Waals surface area contributed by atoms with Crippen molar-refractivity contribution in [3.05, 3.63) is 32.7 Å². The van der Waals surface area contributed by atoms with Crippen LogP contribution in [0, 0.1) is 5.92 Å². The highest BCUT2D eigenvalue weighted by Crippen LogP contribution is 2.48. The average molecular weight is 320 g/mol. The number of carboxylic acids is 1. The van der Waals surface area contributed by atoms with E-state index in [9.17, 15) is 4.79 Å². The molecule has 2 atom stereocenters. The summed E-state index contributed by atoms with van der Waals surface area (Å²) in [5, 5.41) is 8.80. The van der Waals surface area contributed by atoms with Gasteiger partial charge in [-0.1, -0.05) is 31.9 Å². The van der Waals surface area contributed by atoms with E-state index in [0.717, 1.165) is 20.9 Å². The second kappa shape index (κ2) is 3.66. The molecule has 2 nitrogen and oxygen atoms in total. The van der Waals surface area contributed by atoms with E-state index in [1.165, 1.54) is 0 Å². The highest BCUT2D eigenvalue weighted by molar-refractivity contribution is 9.11. The molecule has 1 N–H and O–H groups in total. The maximum atomic E-state index is 10.7. The minimum atomic E-state index is -0.689. The summed E-state index contributed by atoms with van der Waals surface area (Å²) in [4.78, 5) is 10.7. The molecule has 1 aliphatic carbocycles. The van der Waals surface area contributed by atoms with Crippen LogP contribution in [0.2, 0.25) is 0 Å². The van der Waals surface area contributed by atoms with Crippen molar-refractivity contribution in [3.63, 3.8) is 0 Å². The van der Waals surface area contributed by atoms with Crippen molar-refractivity contribution in [2.45, 2.75) is 12.3 Å². The molecule has 0 spiro atoms. The molecule has 1 aromatic carbocycles. The van der Waals surface area contributed by atoms with Crippen LogP contribution < -0.4 is 0 Å². The Morgan fingerprint density at radius 3 is 2.29 bits per heavy atom. The van der Waals surface area contributed by atoms with Crippen LogP contribution in [0.25, 0.3) is 0 Å². The normalized spacial score (nSPS) is 24.7. The molecule has 1 aliphatic rings. The van der Waals surface area contributed by atoms with Crippen LogP contribution in [0.5, 0.6) is 0 Å². The van der Waals surface area contributed by atoms with Crippen LogP contribution in [-0.2, 0) is 4.79 Å². The average Bonchev–Trinajstić information content (AvgIpc) is 2.79. The predicted molar refractivity (Wildman–Crippen MR) is 60.3 cm³/mol. The first-order chi connectivity index (χ1) is 6.58. The van der Waals surface area contributed by atoms with Gasteiger partial charge in [-0.3, -0.25) is 4.79 Å². The molecule has 0 bridgehead atoms. The second-order valence-electron chi connectivity index (χ2n) is 3.49. The largest absolute Gasteiger partial charge is 0.481 e. The maximum Gasteiger partial charge on any atom is 0.307 e. The number of benzene rings is 1. The minimum Gasteiger partial charge on any atom is -0.481 e. The Morgan fingerprint density at radius 1 is 1.29 bits per heavy atom. The number of hydrogen-bond donors (Lipinski definition) is 1. The zero-order chi connectivity index (χ0) is 10.3. The third-order valence-electron chi connectivity index (χ3n) is 2.42. The lowest BCUT2D eigenvalue weighted by Gasteiger charge is -2.01. The lowest BCUT2D eigenvalue weighted by atomic mass is 10.1. The highest BCUT2D eigenvalue weighted by Gasteiger charge is 2.44. The van der Waals surface area contributed by atoms with Crippen molar-refractivity contribution in [1.82, 2.24) is 0 Å². The van der Waals surface area contributed by atoms with Gasteiger partial charge in [-0.2, -0.15) is 0 Å². The van der Waals surface area contributed by atoms with E-state index in [0.29, 0.717) is 0 Å². The quantitative estimate of drug-likeness (QED) is 0.907. The molecule has 0 saturated heterocycles. The van der Waals surface area contributed by atoms with E-state index >= 15 is 0 Å². The summed E-state index contributed by atoms with van der Waals surface area (Å²) in [6, 6.07) is 5.92. The van der Waals surface area contributed by atoms with Gasteiger partial charge < -0.3 is 5.11 Å². The molecule has 74 valence electrons. The summed E-state index contributed by atoms with van der Waals surface area (Å²) < 4.78 is 1.97. The third-order valence-corrected chi connectivity index (χ3v) is 3.34. The van der Waals surface area contributed by atoms with Gasteiger partial charge in [0, 0.05) is 8.95 Å². The first-order valence-corrected chi connectivity index (χ1v) is 5.85. The van der Waals surface area contributed by atoms with Crippen molar-refractivity contribution in [2.75, 3.05) is 0 Å². The van der Waals surface area contributed by atoms with E-state index in [2.05, 4.69) is 31.9 Å². The number of carbonyl (C=O) groups is 1. The molecular formula is C10H8Br2O2. The van der Waals surface area contributed by atoms with Crippen LogP contribution >= 0.6 is 31.9 Å². The lowest BCUT2D eigenvalue weighted by Crippen LogP contribution is -1.98. The van der Waals surface area contributed by atoms with E-state index in [4.69, 9.17) is 5.11 Å². The van der Waals surface area contributed by atoms with Gasteiger partial charge in [0.15, 0.2) is 0 Å². The topological polar surface area (TPSA) is 37.3 Å². The Hall–Kier alpha value is -0.350. The number of hydrogen-bond acceptors (Lipinski definition) is 1. The molecule has 1 aromatic rings. The molecule has 4 heteroatoms. The molecule has 0 heterocycles. The van der Waals surface area contributed by atoms with Crippen molar-refractivity contribution < 1.29 is 9.90 Å². The standard InChI is InChI=1S/C10H8Br2O2/c11-6-1-5(2-7(12)3-6)8-4-9(8)10(13)14/h1-3,8-9H,4H2,(H,13,14)/t8-,9+/m0/s1. The van der Waals surface area contributed by atoms with Gasteiger partial charge in [-0.25, -0.2) is 0 Å². The molecule has 0 unspecified atom stereocenters. The number of aliphatic carboxylic acids is 1. The fourth-order valence-electron chi connectivity index (χ4n) is 1.63. The van der Waals surface area contributed by atoms with E-state index in [1.54, 1.807) is 0 Å². The fraction of sp³-hybridized carbons (Fsp3) is 0.300. The van der Waals surface area contributed by atoms with Crippen LogP contribution in [0.3, 0.4) is 0 Å². The molecular weight excluding hydrogens is 312 g/mol. The van der Waals surface area contributed by atoms with Crippen molar-refractivity contribution in [1.29, 1.82) is 0 Å². The molecule has 2 rings (SSSR count). The zero-order valence-corrected chi connectivity index (χ0v) is 10.4. The second-order valence-corrected chi connectivity index (χ2v) is 5.32. The Morgan fingerprint density at radius 2 is 1.86 bits per heavy atom. The minimum absolute atomic E-state index is 0.184. The Labute approximate surface area is 98.6 Å². The number of carboxylic acid groups (broad SMARTS) is 1. The van der Waals surface area contributed by atoms with Gasteiger partial charge in [0.1, 0.15) is 0 Å². The van der Waals surface area contributed by atoms with E-state index in [1.807, 2.05) is 18.2 Å². The van der Waals surface area contributed by atoms with Gasteiger partial charge in [0.05, 0.1) is 5.92 Å². The molecule has 0 aliphatic heterocycles. The monoisotopic (exact) mass is 318 g/mol. The Bertz CT molecular complexity index is 369. The first-order valence-electron chi connectivity index (χ1n) is 4.26. The van der Waals surface area contributed by atoms with Gasteiger partial charge in [0.2, 0.25) is 0 Å². The van der Waals surface area contributed by atoms with Crippen molar-refractivity contribution in [2.24, 2.45) is 5.92 Å². The van der Waals surface area contributed by atoms with E-state index < -0.39 is 5.97 Å². The molecule has 1 fully saturated rings. The highest BCUT2D eigenvalue weighted by atomic mass is 79.9.